The van der Waals surface area contributed by atoms with Gasteiger partial charge in [-0.3, -0.25) is 4.79 Å². The number of hydrogen-bond donors (Lipinski definition) is 1. The van der Waals surface area contributed by atoms with Crippen molar-refractivity contribution >= 4 is 16.8 Å². The minimum Gasteiger partial charge on any atom is -0.472 e. The first-order valence-corrected chi connectivity index (χ1v) is 10.2. The highest BCUT2D eigenvalue weighted by Gasteiger charge is 2.42. The molecule has 148 valence electrons. The van der Waals surface area contributed by atoms with E-state index in [1.165, 1.54) is 6.33 Å². The van der Waals surface area contributed by atoms with Crippen LogP contribution in [0.1, 0.15) is 28.8 Å². The van der Waals surface area contributed by atoms with Crippen molar-refractivity contribution in [2.45, 2.75) is 25.5 Å². The number of hydrogen-bond acceptors (Lipinski definition) is 5. The second-order valence-electron chi connectivity index (χ2n) is 8.06. The Morgan fingerprint density at radius 2 is 1.90 bits per heavy atom. The molecule has 6 nitrogen and oxygen atoms in total. The summed E-state index contributed by atoms with van der Waals surface area (Å²) >= 11 is 0. The first-order chi connectivity index (χ1) is 14.2. The Morgan fingerprint density at radius 3 is 2.72 bits per heavy atom. The highest BCUT2D eigenvalue weighted by molar-refractivity contribution is 5.94. The molecule has 1 saturated heterocycles. The van der Waals surface area contributed by atoms with Gasteiger partial charge in [-0.15, -0.1) is 0 Å². The molecule has 3 unspecified atom stereocenters. The molecule has 1 aliphatic carbocycles. The molecule has 2 N–H and O–H groups in total. The molecule has 6 heteroatoms. The molecular formula is C23H24N4O2. The normalized spacial score (nSPS) is 23.3. The van der Waals surface area contributed by atoms with Gasteiger partial charge in [-0.2, -0.15) is 0 Å². The molecule has 3 aromatic rings. The van der Waals surface area contributed by atoms with Crippen molar-refractivity contribution < 1.29 is 9.53 Å². The van der Waals surface area contributed by atoms with Crippen LogP contribution < -0.4 is 10.5 Å². The van der Waals surface area contributed by atoms with E-state index in [1.54, 1.807) is 0 Å². The molecule has 1 aromatic heterocycles. The number of fused-ring (bicyclic) bond motifs is 2. The summed E-state index contributed by atoms with van der Waals surface area (Å²) in [7, 11) is 0. The van der Waals surface area contributed by atoms with Gasteiger partial charge in [0, 0.05) is 24.7 Å². The van der Waals surface area contributed by atoms with E-state index in [0.717, 1.165) is 48.0 Å². The van der Waals surface area contributed by atoms with E-state index in [9.17, 15) is 4.79 Å². The van der Waals surface area contributed by atoms with Crippen molar-refractivity contribution in [2.75, 3.05) is 13.1 Å². The van der Waals surface area contributed by atoms with Crippen molar-refractivity contribution in [2.24, 2.45) is 17.6 Å². The number of amides is 1. The fraction of sp³-hybridized carbons (Fsp3) is 0.348. The molecular weight excluding hydrogens is 364 g/mol. The van der Waals surface area contributed by atoms with Crippen LogP contribution in [-0.2, 0) is 6.61 Å². The minimum absolute atomic E-state index is 0.0980. The third-order valence-corrected chi connectivity index (χ3v) is 6.28. The maximum atomic E-state index is 12.9. The van der Waals surface area contributed by atoms with Crippen LogP contribution in [0.15, 0.2) is 54.9 Å². The van der Waals surface area contributed by atoms with E-state index in [1.807, 2.05) is 53.4 Å². The molecule has 1 saturated carbocycles. The molecule has 5 rings (SSSR count). The van der Waals surface area contributed by atoms with Gasteiger partial charge in [-0.1, -0.05) is 24.3 Å². The molecule has 3 atom stereocenters. The van der Waals surface area contributed by atoms with Crippen molar-refractivity contribution in [3.05, 3.63) is 66.0 Å². The monoisotopic (exact) mass is 388 g/mol. The Hall–Kier alpha value is -2.99. The van der Waals surface area contributed by atoms with E-state index in [2.05, 4.69) is 9.97 Å². The predicted octanol–water partition coefficient (Wildman–Crippen LogP) is 3.02. The second kappa shape index (κ2) is 7.44. The van der Waals surface area contributed by atoms with Crippen LogP contribution in [0, 0.1) is 11.8 Å². The first-order valence-electron chi connectivity index (χ1n) is 10.2. The molecule has 0 radical (unpaired) electrons. The topological polar surface area (TPSA) is 81.3 Å². The minimum atomic E-state index is 0.0980. The van der Waals surface area contributed by atoms with E-state index < -0.39 is 0 Å². The SMILES string of the molecule is NC1CCC2CN(C(=O)c3ccc(COc4ncnc5ccccc45)cc3)CC12. The number of ether oxygens (including phenoxy) is 1. The Morgan fingerprint density at radius 1 is 1.07 bits per heavy atom. The van der Waals surface area contributed by atoms with Crippen molar-refractivity contribution in [1.29, 1.82) is 0 Å². The Balaban J connectivity index is 1.24. The lowest BCUT2D eigenvalue weighted by atomic mass is 9.98. The van der Waals surface area contributed by atoms with Gasteiger partial charge in [-0.05, 0) is 54.5 Å². The van der Waals surface area contributed by atoms with Crippen LogP contribution in [0.25, 0.3) is 10.9 Å². The summed E-state index contributed by atoms with van der Waals surface area (Å²) in [5.41, 5.74) is 8.76. The quantitative estimate of drug-likeness (QED) is 0.743. The number of rotatable bonds is 4. The lowest BCUT2D eigenvalue weighted by Crippen LogP contribution is -2.33. The summed E-state index contributed by atoms with van der Waals surface area (Å²) in [5.74, 6) is 1.70. The van der Waals surface area contributed by atoms with Crippen LogP contribution in [0.3, 0.4) is 0 Å². The van der Waals surface area contributed by atoms with Gasteiger partial charge in [0.05, 0.1) is 10.9 Å². The summed E-state index contributed by atoms with van der Waals surface area (Å²) in [6, 6.07) is 15.7. The summed E-state index contributed by atoms with van der Waals surface area (Å²) in [6.45, 7) is 2.01. The number of para-hydroxylation sites is 1. The maximum absolute atomic E-state index is 12.9. The molecule has 0 bridgehead atoms. The van der Waals surface area contributed by atoms with Crippen molar-refractivity contribution in [3.63, 3.8) is 0 Å². The highest BCUT2D eigenvalue weighted by atomic mass is 16.5. The van der Waals surface area contributed by atoms with Crippen LogP contribution in [0.5, 0.6) is 5.88 Å². The van der Waals surface area contributed by atoms with Gasteiger partial charge < -0.3 is 15.4 Å². The third-order valence-electron chi connectivity index (χ3n) is 6.28. The molecule has 29 heavy (non-hydrogen) atoms. The van der Waals surface area contributed by atoms with Crippen LogP contribution in [0.2, 0.25) is 0 Å². The lowest BCUT2D eigenvalue weighted by Gasteiger charge is -2.19. The smallest absolute Gasteiger partial charge is 0.253 e. The maximum Gasteiger partial charge on any atom is 0.253 e. The fourth-order valence-corrected chi connectivity index (χ4v) is 4.65. The number of likely N-dealkylation sites (tertiary alicyclic amines) is 1. The molecule has 2 aliphatic rings. The van der Waals surface area contributed by atoms with E-state index in [4.69, 9.17) is 10.5 Å². The molecule has 2 fully saturated rings. The van der Waals surface area contributed by atoms with E-state index in [-0.39, 0.29) is 11.9 Å². The van der Waals surface area contributed by atoms with Gasteiger partial charge in [-0.25, -0.2) is 9.97 Å². The molecule has 0 spiro atoms. The summed E-state index contributed by atoms with van der Waals surface area (Å²) in [4.78, 5) is 23.3. The van der Waals surface area contributed by atoms with Gasteiger partial charge >= 0.3 is 0 Å². The molecule has 1 amide bonds. The largest absolute Gasteiger partial charge is 0.472 e. The summed E-state index contributed by atoms with van der Waals surface area (Å²) in [6.07, 6.45) is 3.74. The fourth-order valence-electron chi connectivity index (χ4n) is 4.65. The Labute approximate surface area is 169 Å². The molecule has 2 heterocycles. The van der Waals surface area contributed by atoms with Gasteiger partial charge in [0.1, 0.15) is 12.9 Å². The average molecular weight is 388 g/mol. The van der Waals surface area contributed by atoms with Crippen LogP contribution >= 0.6 is 0 Å². The van der Waals surface area contributed by atoms with E-state index in [0.29, 0.717) is 24.3 Å². The second-order valence-corrected chi connectivity index (χ2v) is 8.06. The number of nitrogens with two attached hydrogens (primary N) is 1. The summed E-state index contributed by atoms with van der Waals surface area (Å²) in [5, 5.41) is 0.889. The Kier molecular flexibility index (Phi) is 4.64. The first kappa shape index (κ1) is 18.1. The molecule has 2 aromatic carbocycles. The average Bonchev–Trinajstić information content (AvgIpc) is 3.34. The zero-order valence-electron chi connectivity index (χ0n) is 16.2. The van der Waals surface area contributed by atoms with E-state index >= 15 is 0 Å². The lowest BCUT2D eigenvalue weighted by molar-refractivity contribution is 0.0779. The summed E-state index contributed by atoms with van der Waals surface area (Å²) < 4.78 is 5.91. The van der Waals surface area contributed by atoms with Crippen LogP contribution in [0.4, 0.5) is 0 Å². The molecule has 1 aliphatic heterocycles. The number of benzene rings is 2. The standard InChI is InChI=1S/C23H24N4O2/c24-20-10-9-17-11-27(12-19(17)20)23(28)16-7-5-15(6-8-16)13-29-22-18-3-1-2-4-21(18)25-14-26-22/h1-8,14,17,19-20H,9-13,24H2. The zero-order chi connectivity index (χ0) is 19.8. The van der Waals surface area contributed by atoms with Crippen molar-refractivity contribution in [3.8, 4) is 5.88 Å². The van der Waals surface area contributed by atoms with Crippen LogP contribution in [-0.4, -0.2) is 39.9 Å². The number of carbonyl (C=O) groups excluding carboxylic acids is 1. The number of carbonyl (C=O) groups is 1. The van der Waals surface area contributed by atoms with Crippen molar-refractivity contribution in [1.82, 2.24) is 14.9 Å². The van der Waals surface area contributed by atoms with Gasteiger partial charge in [0.15, 0.2) is 0 Å². The Bertz CT molecular complexity index is 1030. The highest BCUT2D eigenvalue weighted by Crippen LogP contribution is 2.37. The third kappa shape index (κ3) is 3.44. The van der Waals surface area contributed by atoms with Gasteiger partial charge in [0.25, 0.3) is 5.91 Å². The van der Waals surface area contributed by atoms with Gasteiger partial charge in [0.2, 0.25) is 5.88 Å². The number of aromatic nitrogens is 2. The zero-order valence-corrected chi connectivity index (χ0v) is 16.2. The predicted molar refractivity (Wildman–Crippen MR) is 110 cm³/mol. The number of nitrogens with zero attached hydrogens (tertiary/aromatic N) is 3.